The molecule has 0 aromatic heterocycles. The number of benzene rings is 1. The summed E-state index contributed by atoms with van der Waals surface area (Å²) in [5.74, 6) is 1.26. The summed E-state index contributed by atoms with van der Waals surface area (Å²) in [4.78, 5) is 11.9. The summed E-state index contributed by atoms with van der Waals surface area (Å²) in [7, 11) is 0. The first-order valence-corrected chi connectivity index (χ1v) is 8.93. The van der Waals surface area contributed by atoms with E-state index in [0.29, 0.717) is 5.92 Å². The molecule has 4 heteroatoms. The topological polar surface area (TPSA) is 38.3 Å². The Morgan fingerprint density at radius 1 is 1.27 bits per heavy atom. The third kappa shape index (κ3) is 6.39. The second-order valence-corrected chi connectivity index (χ2v) is 6.67. The average Bonchev–Trinajstić information content (AvgIpc) is 2.50. The molecular formula is C18H28BrNO2. The minimum Gasteiger partial charge on any atom is -0.484 e. The molecule has 0 aliphatic carbocycles. The van der Waals surface area contributed by atoms with Gasteiger partial charge in [-0.1, -0.05) is 49.0 Å². The van der Waals surface area contributed by atoms with Crippen molar-refractivity contribution in [3.8, 4) is 5.75 Å². The highest BCUT2D eigenvalue weighted by molar-refractivity contribution is 9.10. The van der Waals surface area contributed by atoms with Gasteiger partial charge in [-0.3, -0.25) is 4.79 Å². The lowest BCUT2D eigenvalue weighted by Crippen LogP contribution is -2.33. The van der Waals surface area contributed by atoms with E-state index in [1.54, 1.807) is 0 Å². The molecule has 1 N–H and O–H groups in total. The summed E-state index contributed by atoms with van der Waals surface area (Å²) in [6, 6.07) is 3.89. The van der Waals surface area contributed by atoms with Gasteiger partial charge in [0, 0.05) is 11.0 Å². The van der Waals surface area contributed by atoms with Crippen molar-refractivity contribution in [3.05, 3.63) is 27.7 Å². The van der Waals surface area contributed by atoms with E-state index in [1.807, 2.05) is 26.0 Å². The van der Waals surface area contributed by atoms with Gasteiger partial charge >= 0.3 is 0 Å². The van der Waals surface area contributed by atoms with Gasteiger partial charge in [-0.05, 0) is 49.4 Å². The minimum atomic E-state index is -0.0480. The normalized spacial score (nSPS) is 12.0. The fourth-order valence-corrected chi connectivity index (χ4v) is 2.62. The molecule has 1 rings (SSSR count). The molecule has 1 amide bonds. The highest BCUT2D eigenvalue weighted by Crippen LogP contribution is 2.26. The predicted molar refractivity (Wildman–Crippen MR) is 95.4 cm³/mol. The SMILES string of the molecule is CCCC[C@@H](CC)CNC(=O)COc1cc(C)c(Br)c(C)c1. The number of ether oxygens (including phenoxy) is 1. The lowest BCUT2D eigenvalue weighted by Gasteiger charge is -2.15. The molecule has 0 aliphatic rings. The van der Waals surface area contributed by atoms with E-state index >= 15 is 0 Å². The average molecular weight is 370 g/mol. The quantitative estimate of drug-likeness (QED) is 0.680. The largest absolute Gasteiger partial charge is 0.484 e. The summed E-state index contributed by atoms with van der Waals surface area (Å²) >= 11 is 3.53. The molecule has 0 radical (unpaired) electrons. The van der Waals surface area contributed by atoms with Crippen LogP contribution in [0, 0.1) is 19.8 Å². The second-order valence-electron chi connectivity index (χ2n) is 5.88. The van der Waals surface area contributed by atoms with Gasteiger partial charge in [0.1, 0.15) is 5.75 Å². The van der Waals surface area contributed by atoms with E-state index in [4.69, 9.17) is 4.74 Å². The lowest BCUT2D eigenvalue weighted by atomic mass is 9.99. The van der Waals surface area contributed by atoms with E-state index in [1.165, 1.54) is 19.3 Å². The van der Waals surface area contributed by atoms with Gasteiger partial charge in [0.2, 0.25) is 0 Å². The number of hydrogen-bond donors (Lipinski definition) is 1. The van der Waals surface area contributed by atoms with Crippen molar-refractivity contribution in [1.82, 2.24) is 5.32 Å². The van der Waals surface area contributed by atoms with Crippen LogP contribution in [0.3, 0.4) is 0 Å². The number of amides is 1. The number of unbranched alkanes of at least 4 members (excludes halogenated alkanes) is 1. The fourth-order valence-electron chi connectivity index (χ4n) is 2.39. The smallest absolute Gasteiger partial charge is 0.257 e. The van der Waals surface area contributed by atoms with Gasteiger partial charge in [-0.15, -0.1) is 0 Å². The standard InChI is InChI=1S/C18H28BrNO2/c1-5-7-8-15(6-2)11-20-17(21)12-22-16-9-13(3)18(19)14(4)10-16/h9-10,15H,5-8,11-12H2,1-4H3,(H,20,21)/t15-/m1/s1. The van der Waals surface area contributed by atoms with Crippen molar-refractivity contribution in [2.75, 3.05) is 13.2 Å². The maximum atomic E-state index is 11.9. The van der Waals surface area contributed by atoms with Gasteiger partial charge in [0.05, 0.1) is 0 Å². The Kier molecular flexibility index (Phi) is 8.54. The Labute approximate surface area is 143 Å². The van der Waals surface area contributed by atoms with Crippen LogP contribution in [0.4, 0.5) is 0 Å². The number of carbonyl (C=O) groups is 1. The summed E-state index contributed by atoms with van der Waals surface area (Å²) in [5.41, 5.74) is 2.22. The monoisotopic (exact) mass is 369 g/mol. The first-order valence-electron chi connectivity index (χ1n) is 8.14. The van der Waals surface area contributed by atoms with E-state index in [2.05, 4.69) is 35.1 Å². The van der Waals surface area contributed by atoms with Crippen molar-refractivity contribution in [1.29, 1.82) is 0 Å². The van der Waals surface area contributed by atoms with Crippen LogP contribution in [0.15, 0.2) is 16.6 Å². The number of nitrogens with one attached hydrogen (secondary N) is 1. The van der Waals surface area contributed by atoms with Gasteiger partial charge in [0.15, 0.2) is 6.61 Å². The fraction of sp³-hybridized carbons (Fsp3) is 0.611. The molecule has 0 saturated carbocycles. The van der Waals surface area contributed by atoms with Crippen LogP contribution in [0.2, 0.25) is 0 Å². The van der Waals surface area contributed by atoms with Crippen LogP contribution in [0.25, 0.3) is 0 Å². The zero-order valence-corrected chi connectivity index (χ0v) is 15.8. The molecule has 0 saturated heterocycles. The van der Waals surface area contributed by atoms with E-state index < -0.39 is 0 Å². The van der Waals surface area contributed by atoms with E-state index in [0.717, 1.165) is 34.3 Å². The van der Waals surface area contributed by atoms with E-state index in [9.17, 15) is 4.79 Å². The highest BCUT2D eigenvalue weighted by Gasteiger charge is 2.09. The van der Waals surface area contributed by atoms with E-state index in [-0.39, 0.29) is 12.5 Å². The van der Waals surface area contributed by atoms with Crippen LogP contribution in [0.5, 0.6) is 5.75 Å². The van der Waals surface area contributed by atoms with Crippen molar-refractivity contribution >= 4 is 21.8 Å². The summed E-state index contributed by atoms with van der Waals surface area (Å²) in [6.07, 6.45) is 4.71. The molecule has 0 aliphatic heterocycles. The Morgan fingerprint density at radius 3 is 2.45 bits per heavy atom. The molecule has 0 spiro atoms. The molecule has 0 bridgehead atoms. The van der Waals surface area contributed by atoms with Crippen LogP contribution in [-0.2, 0) is 4.79 Å². The molecule has 124 valence electrons. The van der Waals surface area contributed by atoms with Crippen LogP contribution < -0.4 is 10.1 Å². The van der Waals surface area contributed by atoms with Crippen molar-refractivity contribution in [2.24, 2.45) is 5.92 Å². The first kappa shape index (κ1) is 19.0. The minimum absolute atomic E-state index is 0.0480. The molecule has 0 heterocycles. The second kappa shape index (κ2) is 9.88. The third-order valence-electron chi connectivity index (χ3n) is 3.91. The van der Waals surface area contributed by atoms with Gasteiger partial charge in [-0.25, -0.2) is 0 Å². The Morgan fingerprint density at radius 2 is 1.91 bits per heavy atom. The van der Waals surface area contributed by atoms with Crippen LogP contribution in [-0.4, -0.2) is 19.1 Å². The predicted octanol–water partition coefficient (Wildman–Crippen LogP) is 4.78. The van der Waals surface area contributed by atoms with Crippen molar-refractivity contribution in [2.45, 2.75) is 53.4 Å². The van der Waals surface area contributed by atoms with Gasteiger partial charge in [-0.2, -0.15) is 0 Å². The molecule has 3 nitrogen and oxygen atoms in total. The zero-order chi connectivity index (χ0) is 16.5. The van der Waals surface area contributed by atoms with Crippen molar-refractivity contribution < 1.29 is 9.53 Å². The third-order valence-corrected chi connectivity index (χ3v) is 5.16. The lowest BCUT2D eigenvalue weighted by molar-refractivity contribution is -0.123. The number of halogens is 1. The van der Waals surface area contributed by atoms with Crippen LogP contribution >= 0.6 is 15.9 Å². The Hall–Kier alpha value is -1.03. The molecule has 1 atom stereocenters. The Bertz CT molecular complexity index is 465. The summed E-state index contributed by atoms with van der Waals surface area (Å²) < 4.78 is 6.69. The highest BCUT2D eigenvalue weighted by atomic mass is 79.9. The summed E-state index contributed by atoms with van der Waals surface area (Å²) in [5, 5.41) is 2.98. The molecule has 22 heavy (non-hydrogen) atoms. The zero-order valence-electron chi connectivity index (χ0n) is 14.2. The molecule has 1 aromatic rings. The molecule has 1 aromatic carbocycles. The number of rotatable bonds is 9. The van der Waals surface area contributed by atoms with Crippen LogP contribution in [0.1, 0.15) is 50.7 Å². The first-order chi connectivity index (χ1) is 10.5. The maximum Gasteiger partial charge on any atom is 0.257 e. The molecule has 0 unspecified atom stereocenters. The van der Waals surface area contributed by atoms with Gasteiger partial charge in [0.25, 0.3) is 5.91 Å². The number of aryl methyl sites for hydroxylation is 2. The number of carbonyl (C=O) groups excluding carboxylic acids is 1. The molecule has 0 fully saturated rings. The number of hydrogen-bond acceptors (Lipinski definition) is 2. The summed E-state index contributed by atoms with van der Waals surface area (Å²) in [6.45, 7) is 9.23. The maximum absolute atomic E-state index is 11.9. The molecular weight excluding hydrogens is 342 g/mol. The Balaban J connectivity index is 2.40. The van der Waals surface area contributed by atoms with Crippen molar-refractivity contribution in [3.63, 3.8) is 0 Å². The van der Waals surface area contributed by atoms with Gasteiger partial charge < -0.3 is 10.1 Å².